The second-order valence-electron chi connectivity index (χ2n) is 8.72. The molecule has 1 aliphatic heterocycles. The summed E-state index contributed by atoms with van der Waals surface area (Å²) in [7, 11) is 0. The van der Waals surface area contributed by atoms with Crippen LogP contribution in [-0.4, -0.2) is 51.4 Å². The molecule has 7 nitrogen and oxygen atoms in total. The van der Waals surface area contributed by atoms with Gasteiger partial charge in [-0.1, -0.05) is 37.5 Å². The molecule has 0 saturated carbocycles. The smallest absolute Gasteiger partial charge is 0.257 e. The van der Waals surface area contributed by atoms with E-state index >= 15 is 0 Å². The van der Waals surface area contributed by atoms with E-state index in [-0.39, 0.29) is 11.9 Å². The van der Waals surface area contributed by atoms with E-state index in [1.807, 2.05) is 6.92 Å². The van der Waals surface area contributed by atoms with E-state index in [9.17, 15) is 4.79 Å². The van der Waals surface area contributed by atoms with Gasteiger partial charge in [-0.2, -0.15) is 5.10 Å². The largest absolute Gasteiger partial charge is 0.361 e. The van der Waals surface area contributed by atoms with Crippen molar-refractivity contribution in [2.45, 2.75) is 60.0 Å². The van der Waals surface area contributed by atoms with Crippen LogP contribution >= 0.6 is 11.6 Å². The first-order valence-electron chi connectivity index (χ1n) is 9.91. The summed E-state index contributed by atoms with van der Waals surface area (Å²) in [5, 5.41) is 12.0. The Kier molecular flexibility index (Phi) is 6.15. The minimum absolute atomic E-state index is 0.111. The average molecular weight is 408 g/mol. The highest BCUT2D eigenvalue weighted by Crippen LogP contribution is 2.29. The van der Waals surface area contributed by atoms with Crippen LogP contribution in [0.1, 0.15) is 56.7 Å². The number of halogens is 1. The lowest BCUT2D eigenvalue weighted by atomic mass is 9.92. The quantitative estimate of drug-likeness (QED) is 0.788. The summed E-state index contributed by atoms with van der Waals surface area (Å²) in [4.78, 5) is 15.5. The van der Waals surface area contributed by atoms with Gasteiger partial charge >= 0.3 is 0 Å². The molecule has 3 heterocycles. The Morgan fingerprint density at radius 3 is 2.79 bits per heavy atom. The Labute approximate surface area is 171 Å². The summed E-state index contributed by atoms with van der Waals surface area (Å²) in [6.45, 7) is 14.0. The number of hydrogen-bond donors (Lipinski definition) is 1. The van der Waals surface area contributed by atoms with Gasteiger partial charge in [0, 0.05) is 31.7 Å². The Hall–Kier alpha value is -1.86. The van der Waals surface area contributed by atoms with Gasteiger partial charge < -0.3 is 14.7 Å². The fraction of sp³-hybridized carbons (Fsp3) is 0.650. The van der Waals surface area contributed by atoms with E-state index in [1.54, 1.807) is 17.7 Å². The fourth-order valence-corrected chi connectivity index (χ4v) is 3.75. The van der Waals surface area contributed by atoms with E-state index < -0.39 is 0 Å². The molecule has 1 aliphatic rings. The summed E-state index contributed by atoms with van der Waals surface area (Å²) in [5.41, 5.74) is 1.66. The number of carbonyl (C=O) groups excluding carboxylic acids is 1. The maximum absolute atomic E-state index is 13.0. The molecule has 2 aromatic rings. The number of carbonyl (C=O) groups is 1. The number of amides is 1. The molecule has 154 valence electrons. The van der Waals surface area contributed by atoms with Gasteiger partial charge in [0.25, 0.3) is 5.91 Å². The van der Waals surface area contributed by atoms with Crippen LogP contribution in [0.4, 0.5) is 0 Å². The van der Waals surface area contributed by atoms with Crippen LogP contribution in [0.25, 0.3) is 11.4 Å². The molecule has 0 unspecified atom stereocenters. The van der Waals surface area contributed by atoms with Crippen molar-refractivity contribution in [2.24, 2.45) is 5.41 Å². The summed E-state index contributed by atoms with van der Waals surface area (Å²) in [6.07, 6.45) is 2.08. The summed E-state index contributed by atoms with van der Waals surface area (Å²) in [6, 6.07) is 1.87. The summed E-state index contributed by atoms with van der Waals surface area (Å²) >= 11 is 6.47. The van der Waals surface area contributed by atoms with E-state index in [1.165, 1.54) is 0 Å². The van der Waals surface area contributed by atoms with Crippen molar-refractivity contribution >= 4 is 17.5 Å². The zero-order valence-electron chi connectivity index (χ0n) is 17.4. The van der Waals surface area contributed by atoms with Gasteiger partial charge in [-0.15, -0.1) is 0 Å². The molecule has 8 heteroatoms. The molecule has 0 bridgehead atoms. The van der Waals surface area contributed by atoms with Crippen LogP contribution in [0.2, 0.25) is 5.15 Å². The number of hydrogen-bond acceptors (Lipinski definition) is 5. The SMILES string of the molecule is CCn1nc(-c2cc(C)on2)c(C(=O)N[C@H]2CCN(CCC(C)(C)C)C2)c1Cl. The Bertz CT molecular complexity index is 836. The van der Waals surface area contributed by atoms with Gasteiger partial charge in [0.2, 0.25) is 0 Å². The summed E-state index contributed by atoms with van der Waals surface area (Å²) in [5.74, 6) is 0.455. The van der Waals surface area contributed by atoms with Crippen LogP contribution in [0.15, 0.2) is 10.6 Å². The molecule has 1 amide bonds. The highest BCUT2D eigenvalue weighted by Gasteiger charge is 2.30. The highest BCUT2D eigenvalue weighted by atomic mass is 35.5. The minimum Gasteiger partial charge on any atom is -0.361 e. The topological polar surface area (TPSA) is 76.2 Å². The van der Waals surface area contributed by atoms with Crippen LogP contribution in [0, 0.1) is 12.3 Å². The van der Waals surface area contributed by atoms with E-state index in [2.05, 4.69) is 41.2 Å². The maximum atomic E-state index is 13.0. The van der Waals surface area contributed by atoms with Crippen molar-refractivity contribution in [3.63, 3.8) is 0 Å². The standard InChI is InChI=1S/C20H30ClN5O2/c1-6-26-18(21)16(17(23-26)15-11-13(2)28-24-15)19(27)22-14-7-9-25(12-14)10-8-20(3,4)5/h11,14H,6-10,12H2,1-5H3,(H,22,27)/t14-/m0/s1. The van der Waals surface area contributed by atoms with Crippen molar-refractivity contribution in [3.05, 3.63) is 22.5 Å². The van der Waals surface area contributed by atoms with Gasteiger partial charge in [0.15, 0.2) is 0 Å². The maximum Gasteiger partial charge on any atom is 0.257 e. The van der Waals surface area contributed by atoms with E-state index in [4.69, 9.17) is 16.1 Å². The molecule has 0 aliphatic carbocycles. The predicted octanol–water partition coefficient (Wildman–Crippen LogP) is 3.76. The van der Waals surface area contributed by atoms with Gasteiger partial charge in [-0.25, -0.2) is 0 Å². The Balaban J connectivity index is 1.72. The third-order valence-electron chi connectivity index (χ3n) is 5.07. The molecule has 28 heavy (non-hydrogen) atoms. The van der Waals surface area contributed by atoms with E-state index in [0.29, 0.717) is 39.8 Å². The molecule has 1 atom stereocenters. The number of nitrogens with one attached hydrogen (secondary N) is 1. The zero-order valence-corrected chi connectivity index (χ0v) is 18.1. The van der Waals surface area contributed by atoms with Crippen molar-refractivity contribution in [2.75, 3.05) is 19.6 Å². The number of likely N-dealkylation sites (tertiary alicyclic amines) is 1. The lowest BCUT2D eigenvalue weighted by Gasteiger charge is -2.23. The molecule has 1 fully saturated rings. The van der Waals surface area contributed by atoms with Crippen LogP contribution in [0.5, 0.6) is 0 Å². The summed E-state index contributed by atoms with van der Waals surface area (Å²) < 4.78 is 6.77. The zero-order chi connectivity index (χ0) is 20.5. The molecule has 0 spiro atoms. The molecular formula is C20H30ClN5O2. The monoisotopic (exact) mass is 407 g/mol. The van der Waals surface area contributed by atoms with Crippen LogP contribution < -0.4 is 5.32 Å². The molecule has 0 radical (unpaired) electrons. The Morgan fingerprint density at radius 2 is 2.18 bits per heavy atom. The van der Waals surface area contributed by atoms with Crippen LogP contribution in [-0.2, 0) is 6.54 Å². The number of aryl methyl sites for hydroxylation is 2. The first-order valence-corrected chi connectivity index (χ1v) is 10.3. The molecule has 1 N–H and O–H groups in total. The van der Waals surface area contributed by atoms with Gasteiger partial charge in [0.1, 0.15) is 27.9 Å². The van der Waals surface area contributed by atoms with Gasteiger partial charge in [-0.3, -0.25) is 9.48 Å². The van der Waals surface area contributed by atoms with Crippen LogP contribution in [0.3, 0.4) is 0 Å². The van der Waals surface area contributed by atoms with Crippen molar-refractivity contribution < 1.29 is 9.32 Å². The second-order valence-corrected chi connectivity index (χ2v) is 9.08. The number of nitrogens with zero attached hydrogens (tertiary/aromatic N) is 4. The lowest BCUT2D eigenvalue weighted by molar-refractivity contribution is 0.0938. The molecule has 1 saturated heterocycles. The third-order valence-corrected chi connectivity index (χ3v) is 5.46. The highest BCUT2D eigenvalue weighted by molar-refractivity contribution is 6.33. The first-order chi connectivity index (χ1) is 13.2. The molecule has 0 aromatic carbocycles. The van der Waals surface area contributed by atoms with E-state index in [0.717, 1.165) is 32.5 Å². The normalized spacial score (nSPS) is 18.0. The van der Waals surface area contributed by atoms with Gasteiger partial charge in [-0.05, 0) is 38.6 Å². The van der Waals surface area contributed by atoms with Crippen molar-refractivity contribution in [3.8, 4) is 11.4 Å². The fourth-order valence-electron chi connectivity index (χ4n) is 3.41. The van der Waals surface area contributed by atoms with Gasteiger partial charge in [0.05, 0.1) is 0 Å². The predicted molar refractivity (Wildman–Crippen MR) is 110 cm³/mol. The average Bonchev–Trinajstić information content (AvgIpc) is 3.31. The minimum atomic E-state index is -0.206. The number of rotatable bonds is 6. The molecule has 2 aromatic heterocycles. The Morgan fingerprint density at radius 1 is 1.43 bits per heavy atom. The van der Waals surface area contributed by atoms with Crippen molar-refractivity contribution in [1.29, 1.82) is 0 Å². The molecule has 3 rings (SSSR count). The first kappa shape index (κ1) is 20.9. The lowest BCUT2D eigenvalue weighted by Crippen LogP contribution is -2.37. The van der Waals surface area contributed by atoms with Crippen molar-refractivity contribution in [1.82, 2.24) is 25.2 Å². The number of aromatic nitrogens is 3. The molecular weight excluding hydrogens is 378 g/mol. The third kappa shape index (κ3) is 4.75. The second kappa shape index (κ2) is 8.25.